The first-order valence-corrected chi connectivity index (χ1v) is 4.52. The number of methoxy groups -OCH3 is 1. The molecule has 0 rings (SSSR count). The van der Waals surface area contributed by atoms with Crippen molar-refractivity contribution in [2.24, 2.45) is 5.73 Å². The highest BCUT2D eigenvalue weighted by molar-refractivity contribution is 5.73. The fourth-order valence-corrected chi connectivity index (χ4v) is 0.785. The van der Waals surface area contributed by atoms with Gasteiger partial charge in [-0.3, -0.25) is 0 Å². The van der Waals surface area contributed by atoms with Crippen LogP contribution >= 0.6 is 0 Å². The van der Waals surface area contributed by atoms with Crippen LogP contribution in [-0.2, 0) is 4.74 Å². The molecular formula is C8H19N3O2. The Morgan fingerprint density at radius 2 is 1.92 bits per heavy atom. The molecule has 0 fully saturated rings. The Labute approximate surface area is 79.0 Å². The molecule has 5 heteroatoms. The molecule has 0 saturated heterocycles. The quantitative estimate of drug-likeness (QED) is 0.480. The summed E-state index contributed by atoms with van der Waals surface area (Å²) in [4.78, 5) is 11.0. The van der Waals surface area contributed by atoms with Crippen LogP contribution in [0.25, 0.3) is 0 Å². The second-order valence-corrected chi connectivity index (χ2v) is 2.67. The summed E-state index contributed by atoms with van der Waals surface area (Å²) >= 11 is 0. The van der Waals surface area contributed by atoms with E-state index in [4.69, 9.17) is 10.5 Å². The predicted octanol–water partition coefficient (Wildman–Crippen LogP) is -0.329. The molecule has 0 saturated carbocycles. The second-order valence-electron chi connectivity index (χ2n) is 2.67. The van der Waals surface area contributed by atoms with E-state index in [1.807, 2.05) is 0 Å². The fraction of sp³-hybridized carbons (Fsp3) is 0.875. The summed E-state index contributed by atoms with van der Waals surface area (Å²) in [5.41, 5.74) is 5.27. The zero-order valence-electron chi connectivity index (χ0n) is 8.14. The van der Waals surface area contributed by atoms with E-state index in [2.05, 4.69) is 10.6 Å². The molecule has 5 nitrogen and oxygen atoms in total. The van der Waals surface area contributed by atoms with Crippen molar-refractivity contribution in [3.8, 4) is 0 Å². The molecule has 0 aliphatic rings. The molecule has 0 aliphatic carbocycles. The van der Waals surface area contributed by atoms with Crippen LogP contribution in [0.5, 0.6) is 0 Å². The van der Waals surface area contributed by atoms with E-state index in [1.165, 1.54) is 0 Å². The van der Waals surface area contributed by atoms with Crippen molar-refractivity contribution < 1.29 is 9.53 Å². The van der Waals surface area contributed by atoms with Gasteiger partial charge in [0, 0.05) is 26.8 Å². The van der Waals surface area contributed by atoms with Crippen molar-refractivity contribution in [3.05, 3.63) is 0 Å². The lowest BCUT2D eigenvalue weighted by Gasteiger charge is -2.06. The third-order valence-corrected chi connectivity index (χ3v) is 1.48. The molecule has 0 bridgehead atoms. The zero-order valence-corrected chi connectivity index (χ0v) is 8.14. The minimum atomic E-state index is -0.135. The summed E-state index contributed by atoms with van der Waals surface area (Å²) in [6, 6.07) is -0.135. The molecule has 0 aromatic heterocycles. The molecule has 0 atom stereocenters. The zero-order chi connectivity index (χ0) is 9.94. The number of nitrogens with two attached hydrogens (primary N) is 1. The van der Waals surface area contributed by atoms with Gasteiger partial charge in [0.1, 0.15) is 0 Å². The van der Waals surface area contributed by atoms with Gasteiger partial charge in [-0.1, -0.05) is 0 Å². The van der Waals surface area contributed by atoms with Crippen molar-refractivity contribution in [1.82, 2.24) is 10.6 Å². The Hall–Kier alpha value is -0.810. The second kappa shape index (κ2) is 9.28. The highest BCUT2D eigenvalue weighted by atomic mass is 16.5. The molecule has 78 valence electrons. The number of nitrogens with one attached hydrogen (secondary N) is 2. The highest BCUT2D eigenvalue weighted by Crippen LogP contribution is 1.77. The van der Waals surface area contributed by atoms with Crippen molar-refractivity contribution in [3.63, 3.8) is 0 Å². The molecule has 0 unspecified atom stereocenters. The normalized spacial score (nSPS) is 9.69. The monoisotopic (exact) mass is 189 g/mol. The van der Waals surface area contributed by atoms with E-state index < -0.39 is 0 Å². The standard InChI is InChI=1S/C8H19N3O2/c1-13-7-3-6-11-8(12)10-5-2-4-9/h2-7,9H2,1H3,(H2,10,11,12). The largest absolute Gasteiger partial charge is 0.385 e. The molecule has 0 aromatic rings. The Bertz CT molecular complexity index is 131. The number of hydrogen-bond acceptors (Lipinski definition) is 3. The third kappa shape index (κ3) is 9.10. The third-order valence-electron chi connectivity index (χ3n) is 1.48. The molecule has 0 aromatic carbocycles. The molecular weight excluding hydrogens is 170 g/mol. The van der Waals surface area contributed by atoms with Gasteiger partial charge in [-0.2, -0.15) is 0 Å². The van der Waals surface area contributed by atoms with Gasteiger partial charge in [-0.25, -0.2) is 4.79 Å². The minimum Gasteiger partial charge on any atom is -0.385 e. The van der Waals surface area contributed by atoms with Crippen molar-refractivity contribution in [2.75, 3.05) is 33.4 Å². The van der Waals surface area contributed by atoms with Crippen LogP contribution in [0.2, 0.25) is 0 Å². The van der Waals surface area contributed by atoms with Gasteiger partial charge >= 0.3 is 6.03 Å². The number of rotatable bonds is 7. The first kappa shape index (κ1) is 12.2. The number of ether oxygens (including phenoxy) is 1. The Morgan fingerprint density at radius 3 is 2.46 bits per heavy atom. The molecule has 0 spiro atoms. The van der Waals surface area contributed by atoms with Crippen LogP contribution in [0, 0.1) is 0 Å². The smallest absolute Gasteiger partial charge is 0.314 e. The van der Waals surface area contributed by atoms with E-state index in [0.717, 1.165) is 12.8 Å². The van der Waals surface area contributed by atoms with Gasteiger partial charge < -0.3 is 21.1 Å². The van der Waals surface area contributed by atoms with Gasteiger partial charge in [0.2, 0.25) is 0 Å². The maximum atomic E-state index is 11.0. The average Bonchev–Trinajstić information content (AvgIpc) is 2.13. The van der Waals surface area contributed by atoms with E-state index in [1.54, 1.807) is 7.11 Å². The van der Waals surface area contributed by atoms with Crippen LogP contribution < -0.4 is 16.4 Å². The van der Waals surface area contributed by atoms with Crippen LogP contribution in [0.1, 0.15) is 12.8 Å². The summed E-state index contributed by atoms with van der Waals surface area (Å²) in [5.74, 6) is 0. The van der Waals surface area contributed by atoms with Crippen molar-refractivity contribution in [1.29, 1.82) is 0 Å². The molecule has 0 aliphatic heterocycles. The average molecular weight is 189 g/mol. The van der Waals surface area contributed by atoms with Crippen molar-refractivity contribution >= 4 is 6.03 Å². The first-order chi connectivity index (χ1) is 6.31. The molecule has 13 heavy (non-hydrogen) atoms. The fourth-order valence-electron chi connectivity index (χ4n) is 0.785. The number of carbonyl (C=O) groups excluding carboxylic acids is 1. The minimum absolute atomic E-state index is 0.135. The van der Waals surface area contributed by atoms with Gasteiger partial charge in [0.15, 0.2) is 0 Å². The summed E-state index contributed by atoms with van der Waals surface area (Å²) in [6.45, 7) is 2.54. The number of hydrogen-bond donors (Lipinski definition) is 3. The van der Waals surface area contributed by atoms with Crippen LogP contribution in [0.3, 0.4) is 0 Å². The number of carbonyl (C=O) groups is 1. The van der Waals surface area contributed by atoms with E-state index in [9.17, 15) is 4.79 Å². The lowest BCUT2D eigenvalue weighted by Crippen LogP contribution is -2.37. The predicted molar refractivity (Wildman–Crippen MR) is 51.6 cm³/mol. The van der Waals surface area contributed by atoms with E-state index in [-0.39, 0.29) is 6.03 Å². The number of amides is 2. The van der Waals surface area contributed by atoms with Gasteiger partial charge in [0.05, 0.1) is 0 Å². The summed E-state index contributed by atoms with van der Waals surface area (Å²) in [7, 11) is 1.64. The Morgan fingerprint density at radius 1 is 1.31 bits per heavy atom. The van der Waals surface area contributed by atoms with Gasteiger partial charge in [0.25, 0.3) is 0 Å². The maximum Gasteiger partial charge on any atom is 0.314 e. The van der Waals surface area contributed by atoms with Gasteiger partial charge in [-0.05, 0) is 19.4 Å². The lowest BCUT2D eigenvalue weighted by molar-refractivity contribution is 0.193. The van der Waals surface area contributed by atoms with Crippen LogP contribution in [0.4, 0.5) is 4.79 Å². The Balaban J connectivity index is 3.11. The summed E-state index contributed by atoms with van der Waals surface area (Å²) in [5, 5.41) is 5.40. The molecule has 2 amide bonds. The first-order valence-electron chi connectivity index (χ1n) is 4.52. The number of urea groups is 1. The highest BCUT2D eigenvalue weighted by Gasteiger charge is 1.96. The summed E-state index contributed by atoms with van der Waals surface area (Å²) < 4.78 is 4.83. The topological polar surface area (TPSA) is 76.4 Å². The Kier molecular flexibility index (Phi) is 8.70. The van der Waals surface area contributed by atoms with E-state index in [0.29, 0.717) is 26.2 Å². The molecule has 0 radical (unpaired) electrons. The maximum absolute atomic E-state index is 11.0. The lowest BCUT2D eigenvalue weighted by atomic mass is 10.4. The van der Waals surface area contributed by atoms with Crippen molar-refractivity contribution in [2.45, 2.75) is 12.8 Å². The molecule has 4 N–H and O–H groups in total. The summed E-state index contributed by atoms with van der Waals surface area (Å²) in [6.07, 6.45) is 1.65. The SMILES string of the molecule is COCCCNC(=O)NCCCN. The van der Waals surface area contributed by atoms with Gasteiger partial charge in [-0.15, -0.1) is 0 Å². The van der Waals surface area contributed by atoms with E-state index >= 15 is 0 Å². The van der Waals surface area contributed by atoms with Crippen LogP contribution in [-0.4, -0.2) is 39.4 Å². The van der Waals surface area contributed by atoms with Crippen LogP contribution in [0.15, 0.2) is 0 Å². The molecule has 0 heterocycles.